The topological polar surface area (TPSA) is 65.1 Å². The van der Waals surface area contributed by atoms with Gasteiger partial charge in [0.25, 0.3) is 0 Å². The van der Waals surface area contributed by atoms with E-state index in [9.17, 15) is 12.8 Å². The van der Waals surface area contributed by atoms with E-state index < -0.39 is 33.3 Å². The Labute approximate surface area is 147 Å². The Morgan fingerprint density at radius 3 is 2.20 bits per heavy atom. The second-order valence-electron chi connectivity index (χ2n) is 7.29. The first-order chi connectivity index (χ1) is 11.5. The van der Waals surface area contributed by atoms with Gasteiger partial charge in [0.05, 0.1) is 29.3 Å². The van der Waals surface area contributed by atoms with E-state index in [1.165, 1.54) is 16.4 Å². The first-order valence-electron chi connectivity index (χ1n) is 8.28. The molecule has 0 spiro atoms. The minimum atomic E-state index is -3.79. The highest BCUT2D eigenvalue weighted by atomic mass is 32.2. The van der Waals surface area contributed by atoms with Crippen LogP contribution in [0.3, 0.4) is 0 Å². The van der Waals surface area contributed by atoms with Gasteiger partial charge in [-0.15, -0.1) is 0 Å². The number of sulfonamides is 1. The van der Waals surface area contributed by atoms with Gasteiger partial charge in [0.1, 0.15) is 5.82 Å². The van der Waals surface area contributed by atoms with E-state index in [1.54, 1.807) is 0 Å². The van der Waals surface area contributed by atoms with Crippen molar-refractivity contribution in [1.82, 2.24) is 4.31 Å². The zero-order valence-corrected chi connectivity index (χ0v) is 15.7. The van der Waals surface area contributed by atoms with Crippen LogP contribution < -0.4 is 0 Å². The third-order valence-corrected chi connectivity index (χ3v) is 7.04. The summed E-state index contributed by atoms with van der Waals surface area (Å²) >= 11 is 0. The van der Waals surface area contributed by atoms with Crippen molar-refractivity contribution in [3.63, 3.8) is 0 Å². The molecular formula is C17H24FNO5S. The number of halogens is 1. The van der Waals surface area contributed by atoms with E-state index in [0.717, 1.165) is 6.07 Å². The summed E-state index contributed by atoms with van der Waals surface area (Å²) in [7, 11) is -3.79. The quantitative estimate of drug-likeness (QED) is 0.814. The first-order valence-corrected chi connectivity index (χ1v) is 9.72. The standard InChI is InChI=1S/C17H24FNO5S/c1-16(2)17(3,4)24-15(23-16)13-11-12(18)5-6-14(13)25(20,21)19-7-9-22-10-8-19/h5-6,11,15H,7-10H2,1-4H3. The molecule has 2 heterocycles. The van der Waals surface area contributed by atoms with Crippen molar-refractivity contribution in [3.8, 4) is 0 Å². The zero-order valence-electron chi connectivity index (χ0n) is 14.9. The molecule has 0 bridgehead atoms. The normalized spacial score (nSPS) is 24.5. The molecule has 0 atom stereocenters. The molecule has 3 rings (SSSR count). The first kappa shape index (κ1) is 18.7. The number of nitrogens with zero attached hydrogens (tertiary/aromatic N) is 1. The van der Waals surface area contributed by atoms with Gasteiger partial charge in [0.2, 0.25) is 10.0 Å². The van der Waals surface area contributed by atoms with Gasteiger partial charge >= 0.3 is 0 Å². The van der Waals surface area contributed by atoms with Crippen LogP contribution in [0.25, 0.3) is 0 Å². The Kier molecular flexibility index (Phi) is 4.70. The van der Waals surface area contributed by atoms with Crippen molar-refractivity contribution < 1.29 is 27.0 Å². The highest BCUT2D eigenvalue weighted by molar-refractivity contribution is 7.89. The summed E-state index contributed by atoms with van der Waals surface area (Å²) < 4.78 is 58.4. The van der Waals surface area contributed by atoms with Crippen LogP contribution >= 0.6 is 0 Å². The summed E-state index contributed by atoms with van der Waals surface area (Å²) in [4.78, 5) is 0.00861. The van der Waals surface area contributed by atoms with E-state index in [1.807, 2.05) is 27.7 Å². The fourth-order valence-corrected chi connectivity index (χ4v) is 4.44. The molecule has 2 aliphatic heterocycles. The van der Waals surface area contributed by atoms with E-state index >= 15 is 0 Å². The van der Waals surface area contributed by atoms with E-state index in [0.29, 0.717) is 13.2 Å². The highest BCUT2D eigenvalue weighted by Crippen LogP contribution is 2.46. The van der Waals surface area contributed by atoms with Gasteiger partial charge in [-0.3, -0.25) is 0 Å². The number of ether oxygens (including phenoxy) is 3. The molecule has 8 heteroatoms. The van der Waals surface area contributed by atoms with Gasteiger partial charge in [0, 0.05) is 18.7 Å². The predicted molar refractivity (Wildman–Crippen MR) is 89.0 cm³/mol. The molecule has 25 heavy (non-hydrogen) atoms. The smallest absolute Gasteiger partial charge is 0.243 e. The lowest BCUT2D eigenvalue weighted by Crippen LogP contribution is -2.41. The van der Waals surface area contributed by atoms with Crippen LogP contribution in [0.1, 0.15) is 39.5 Å². The second kappa shape index (κ2) is 6.28. The SMILES string of the molecule is CC1(C)OC(c2cc(F)ccc2S(=O)(=O)N2CCOCC2)OC1(C)C. The van der Waals surface area contributed by atoms with E-state index in [4.69, 9.17) is 14.2 Å². The Bertz CT molecular complexity index is 740. The number of hydrogen-bond donors (Lipinski definition) is 0. The molecular weight excluding hydrogens is 349 g/mol. The van der Waals surface area contributed by atoms with Crippen molar-refractivity contribution in [3.05, 3.63) is 29.6 Å². The van der Waals surface area contributed by atoms with Gasteiger partial charge in [-0.1, -0.05) is 0 Å². The second-order valence-corrected chi connectivity index (χ2v) is 9.19. The maximum atomic E-state index is 13.9. The molecule has 0 aliphatic carbocycles. The maximum absolute atomic E-state index is 13.9. The predicted octanol–water partition coefficient (Wildman–Crippen LogP) is 2.45. The number of rotatable bonds is 3. The molecule has 2 saturated heterocycles. The van der Waals surface area contributed by atoms with Crippen LogP contribution in [0.4, 0.5) is 4.39 Å². The lowest BCUT2D eigenvalue weighted by Gasteiger charge is -2.30. The fraction of sp³-hybridized carbons (Fsp3) is 0.647. The lowest BCUT2D eigenvalue weighted by atomic mass is 9.90. The highest BCUT2D eigenvalue weighted by Gasteiger charge is 2.50. The summed E-state index contributed by atoms with van der Waals surface area (Å²) in [6.07, 6.45) is -0.952. The average molecular weight is 373 g/mol. The Hall–Kier alpha value is -1.06. The van der Waals surface area contributed by atoms with Gasteiger partial charge < -0.3 is 14.2 Å². The van der Waals surface area contributed by atoms with Crippen LogP contribution in [0, 0.1) is 5.82 Å². The lowest BCUT2D eigenvalue weighted by molar-refractivity contribution is -0.0915. The van der Waals surface area contributed by atoms with Crippen molar-refractivity contribution in [2.45, 2.75) is 50.1 Å². The summed E-state index contributed by atoms with van der Waals surface area (Å²) in [6.45, 7) is 8.67. The van der Waals surface area contributed by atoms with Crippen molar-refractivity contribution >= 4 is 10.0 Å². The van der Waals surface area contributed by atoms with Crippen LogP contribution in [0.2, 0.25) is 0 Å². The molecule has 0 amide bonds. The summed E-state index contributed by atoms with van der Waals surface area (Å²) in [6, 6.07) is 3.60. The van der Waals surface area contributed by atoms with Crippen molar-refractivity contribution in [1.29, 1.82) is 0 Å². The van der Waals surface area contributed by atoms with E-state index in [-0.39, 0.29) is 23.5 Å². The van der Waals surface area contributed by atoms with Crippen LogP contribution in [0.5, 0.6) is 0 Å². The zero-order chi connectivity index (χ0) is 18.5. The van der Waals surface area contributed by atoms with E-state index in [2.05, 4.69) is 0 Å². The van der Waals surface area contributed by atoms with Gasteiger partial charge in [0.15, 0.2) is 6.29 Å². The number of hydrogen-bond acceptors (Lipinski definition) is 5. The molecule has 1 aromatic carbocycles. The van der Waals surface area contributed by atoms with Crippen molar-refractivity contribution in [2.75, 3.05) is 26.3 Å². The number of morpholine rings is 1. The Morgan fingerprint density at radius 1 is 1.08 bits per heavy atom. The molecule has 0 saturated carbocycles. The maximum Gasteiger partial charge on any atom is 0.243 e. The Morgan fingerprint density at radius 2 is 1.64 bits per heavy atom. The third-order valence-electron chi connectivity index (χ3n) is 5.07. The molecule has 1 aromatic rings. The molecule has 0 radical (unpaired) electrons. The fourth-order valence-electron chi connectivity index (χ4n) is 2.83. The van der Waals surface area contributed by atoms with Crippen LogP contribution in [-0.2, 0) is 24.2 Å². The van der Waals surface area contributed by atoms with Crippen molar-refractivity contribution in [2.24, 2.45) is 0 Å². The largest absolute Gasteiger partial charge is 0.379 e. The molecule has 0 unspecified atom stereocenters. The summed E-state index contributed by atoms with van der Waals surface area (Å²) in [5, 5.41) is 0. The Balaban J connectivity index is 2.02. The van der Waals surface area contributed by atoms with Gasteiger partial charge in [-0.25, -0.2) is 12.8 Å². The molecule has 140 valence electrons. The monoisotopic (exact) mass is 373 g/mol. The summed E-state index contributed by atoms with van der Waals surface area (Å²) in [5.74, 6) is -0.536. The minimum Gasteiger partial charge on any atom is -0.379 e. The molecule has 0 N–H and O–H groups in total. The third kappa shape index (κ3) is 3.33. The molecule has 0 aromatic heterocycles. The minimum absolute atomic E-state index is 0.00861. The van der Waals surface area contributed by atoms with Crippen LogP contribution in [0.15, 0.2) is 23.1 Å². The molecule has 2 fully saturated rings. The summed E-state index contributed by atoms with van der Waals surface area (Å²) in [5.41, 5.74) is -1.11. The van der Waals surface area contributed by atoms with Gasteiger partial charge in [-0.05, 0) is 45.9 Å². The van der Waals surface area contributed by atoms with Gasteiger partial charge in [-0.2, -0.15) is 4.31 Å². The molecule has 6 nitrogen and oxygen atoms in total. The number of benzene rings is 1. The van der Waals surface area contributed by atoms with Crippen LogP contribution in [-0.4, -0.2) is 50.2 Å². The average Bonchev–Trinajstić information content (AvgIpc) is 2.76. The molecule has 2 aliphatic rings.